The van der Waals surface area contributed by atoms with Crippen LogP contribution in [0.1, 0.15) is 22.6 Å². The number of methoxy groups -OCH3 is 1. The number of hydrogen-bond donors (Lipinski definition) is 2. The second-order valence-corrected chi connectivity index (χ2v) is 3.92. The van der Waals surface area contributed by atoms with E-state index in [4.69, 9.17) is 10.5 Å². The Morgan fingerprint density at radius 2 is 2.35 bits per heavy atom. The van der Waals surface area contributed by atoms with Crippen molar-refractivity contribution in [3.8, 4) is 0 Å². The lowest BCUT2D eigenvalue weighted by Crippen LogP contribution is -2.33. The molecule has 1 rings (SSSR count). The van der Waals surface area contributed by atoms with E-state index < -0.39 is 0 Å². The number of amides is 1. The van der Waals surface area contributed by atoms with E-state index in [1.54, 1.807) is 13.2 Å². The van der Waals surface area contributed by atoms with E-state index in [0.717, 1.165) is 5.69 Å². The third kappa shape index (κ3) is 4.93. The number of pyridine rings is 1. The molecule has 0 bridgehead atoms. The van der Waals surface area contributed by atoms with Gasteiger partial charge in [0.25, 0.3) is 5.91 Å². The Balaban J connectivity index is 2.35. The van der Waals surface area contributed by atoms with Crippen molar-refractivity contribution in [1.29, 1.82) is 0 Å². The van der Waals surface area contributed by atoms with Crippen LogP contribution in [0.4, 0.5) is 0 Å². The third-order valence-corrected chi connectivity index (χ3v) is 2.30. The highest BCUT2D eigenvalue weighted by atomic mass is 16.5. The molecule has 17 heavy (non-hydrogen) atoms. The van der Waals surface area contributed by atoms with Gasteiger partial charge in [0.05, 0.1) is 6.61 Å². The molecule has 0 radical (unpaired) electrons. The molecule has 1 unspecified atom stereocenters. The van der Waals surface area contributed by atoms with Crippen molar-refractivity contribution in [3.63, 3.8) is 0 Å². The van der Waals surface area contributed by atoms with Crippen LogP contribution in [0.15, 0.2) is 18.2 Å². The van der Waals surface area contributed by atoms with Crippen LogP contribution in [0.2, 0.25) is 0 Å². The van der Waals surface area contributed by atoms with Crippen molar-refractivity contribution in [2.45, 2.75) is 19.4 Å². The second-order valence-electron chi connectivity index (χ2n) is 3.92. The lowest BCUT2D eigenvalue weighted by atomic mass is 10.2. The Hall–Kier alpha value is -1.46. The summed E-state index contributed by atoms with van der Waals surface area (Å²) in [5.41, 5.74) is 7.00. The zero-order valence-corrected chi connectivity index (χ0v) is 10.3. The molecule has 0 saturated carbocycles. The fourth-order valence-corrected chi connectivity index (χ4v) is 1.43. The van der Waals surface area contributed by atoms with Crippen molar-refractivity contribution in [2.24, 2.45) is 5.73 Å². The molecule has 0 saturated heterocycles. The Bertz CT molecular complexity index is 369. The van der Waals surface area contributed by atoms with Crippen molar-refractivity contribution in [3.05, 3.63) is 29.6 Å². The van der Waals surface area contributed by atoms with Gasteiger partial charge in [-0.3, -0.25) is 4.79 Å². The van der Waals surface area contributed by atoms with Gasteiger partial charge in [0.1, 0.15) is 5.69 Å². The van der Waals surface area contributed by atoms with Crippen LogP contribution in [0, 0.1) is 6.92 Å². The Labute approximate surface area is 101 Å². The van der Waals surface area contributed by atoms with Crippen molar-refractivity contribution in [2.75, 3.05) is 20.3 Å². The van der Waals surface area contributed by atoms with Gasteiger partial charge in [-0.15, -0.1) is 0 Å². The lowest BCUT2D eigenvalue weighted by Gasteiger charge is -2.10. The minimum atomic E-state index is -0.168. The van der Waals surface area contributed by atoms with Gasteiger partial charge in [0, 0.05) is 25.4 Å². The van der Waals surface area contributed by atoms with Crippen molar-refractivity contribution >= 4 is 5.91 Å². The average Bonchev–Trinajstić information content (AvgIpc) is 2.29. The summed E-state index contributed by atoms with van der Waals surface area (Å²) in [6.07, 6.45) is 0.686. The second kappa shape index (κ2) is 6.98. The Morgan fingerprint density at radius 3 is 3.00 bits per heavy atom. The number of nitrogens with two attached hydrogens (primary N) is 1. The van der Waals surface area contributed by atoms with Crippen LogP contribution < -0.4 is 11.1 Å². The molecule has 1 aromatic rings. The monoisotopic (exact) mass is 237 g/mol. The summed E-state index contributed by atoms with van der Waals surface area (Å²) in [5.74, 6) is -0.168. The van der Waals surface area contributed by atoms with E-state index in [2.05, 4.69) is 10.3 Å². The first-order valence-corrected chi connectivity index (χ1v) is 5.60. The van der Waals surface area contributed by atoms with Gasteiger partial charge in [0.15, 0.2) is 0 Å². The highest BCUT2D eigenvalue weighted by Gasteiger charge is 2.07. The predicted octanol–water partition coefficient (Wildman–Crippen LogP) is 0.484. The van der Waals surface area contributed by atoms with E-state index in [9.17, 15) is 4.79 Å². The summed E-state index contributed by atoms with van der Waals surface area (Å²) < 4.78 is 4.91. The molecule has 0 fully saturated rings. The maximum Gasteiger partial charge on any atom is 0.269 e. The number of carbonyl (C=O) groups excluding carboxylic acids is 1. The number of ether oxygens (including phenoxy) is 1. The zero-order chi connectivity index (χ0) is 12.7. The van der Waals surface area contributed by atoms with Gasteiger partial charge < -0.3 is 15.8 Å². The highest BCUT2D eigenvalue weighted by molar-refractivity contribution is 5.92. The van der Waals surface area contributed by atoms with Crippen LogP contribution in [0.25, 0.3) is 0 Å². The van der Waals surface area contributed by atoms with E-state index in [1.165, 1.54) is 0 Å². The maximum atomic E-state index is 11.7. The molecule has 1 heterocycles. The number of nitrogens with one attached hydrogen (secondary N) is 1. The van der Waals surface area contributed by atoms with E-state index in [0.29, 0.717) is 25.3 Å². The molecule has 94 valence electrons. The topological polar surface area (TPSA) is 77.2 Å². The summed E-state index contributed by atoms with van der Waals surface area (Å²) in [6, 6.07) is 5.31. The van der Waals surface area contributed by atoms with E-state index in [1.807, 2.05) is 19.1 Å². The SMILES string of the molecule is COCC(N)CCNC(=O)c1cccc(C)n1. The molecule has 5 nitrogen and oxygen atoms in total. The molecule has 3 N–H and O–H groups in total. The normalized spacial score (nSPS) is 12.2. The van der Waals surface area contributed by atoms with E-state index >= 15 is 0 Å². The molecular formula is C12H19N3O2. The van der Waals surface area contributed by atoms with Gasteiger partial charge in [-0.2, -0.15) is 0 Å². The number of aryl methyl sites for hydroxylation is 1. The number of aromatic nitrogens is 1. The molecular weight excluding hydrogens is 218 g/mol. The lowest BCUT2D eigenvalue weighted by molar-refractivity contribution is 0.0945. The summed E-state index contributed by atoms with van der Waals surface area (Å²) >= 11 is 0. The molecule has 0 aliphatic carbocycles. The van der Waals surface area contributed by atoms with Crippen molar-refractivity contribution in [1.82, 2.24) is 10.3 Å². The fourth-order valence-electron chi connectivity index (χ4n) is 1.43. The van der Waals surface area contributed by atoms with Gasteiger partial charge in [-0.05, 0) is 25.5 Å². The molecule has 0 aliphatic heterocycles. The fraction of sp³-hybridized carbons (Fsp3) is 0.500. The van der Waals surface area contributed by atoms with Crippen LogP contribution in [0.3, 0.4) is 0 Å². The first kappa shape index (κ1) is 13.6. The van der Waals surface area contributed by atoms with Crippen LogP contribution in [-0.4, -0.2) is 37.2 Å². The first-order chi connectivity index (χ1) is 8.13. The molecule has 1 amide bonds. The van der Waals surface area contributed by atoms with Crippen LogP contribution in [0.5, 0.6) is 0 Å². The van der Waals surface area contributed by atoms with Gasteiger partial charge >= 0.3 is 0 Å². The van der Waals surface area contributed by atoms with Crippen molar-refractivity contribution < 1.29 is 9.53 Å². The minimum absolute atomic E-state index is 0.0502. The predicted molar refractivity (Wildman–Crippen MR) is 65.8 cm³/mol. The largest absolute Gasteiger partial charge is 0.383 e. The molecule has 0 spiro atoms. The molecule has 1 atom stereocenters. The number of nitrogens with zero attached hydrogens (tertiary/aromatic N) is 1. The van der Waals surface area contributed by atoms with Crippen LogP contribution >= 0.6 is 0 Å². The first-order valence-electron chi connectivity index (χ1n) is 5.60. The van der Waals surface area contributed by atoms with E-state index in [-0.39, 0.29) is 11.9 Å². The standard InChI is InChI=1S/C12H19N3O2/c1-9-4-3-5-11(15-9)12(16)14-7-6-10(13)8-17-2/h3-5,10H,6-8,13H2,1-2H3,(H,14,16). The summed E-state index contributed by atoms with van der Waals surface area (Å²) in [5, 5.41) is 2.78. The summed E-state index contributed by atoms with van der Waals surface area (Å²) in [4.78, 5) is 15.8. The molecule has 0 aliphatic rings. The minimum Gasteiger partial charge on any atom is -0.383 e. The number of rotatable bonds is 6. The quantitative estimate of drug-likeness (QED) is 0.754. The van der Waals surface area contributed by atoms with Crippen LogP contribution in [-0.2, 0) is 4.74 Å². The summed E-state index contributed by atoms with van der Waals surface area (Å²) in [7, 11) is 1.61. The Morgan fingerprint density at radius 1 is 1.59 bits per heavy atom. The zero-order valence-electron chi connectivity index (χ0n) is 10.3. The summed E-state index contributed by atoms with van der Waals surface area (Å²) in [6.45, 7) is 2.88. The molecule has 5 heteroatoms. The van der Waals surface area contributed by atoms with Gasteiger partial charge in [-0.25, -0.2) is 4.98 Å². The van der Waals surface area contributed by atoms with Gasteiger partial charge in [0.2, 0.25) is 0 Å². The molecule has 1 aromatic heterocycles. The maximum absolute atomic E-state index is 11.7. The van der Waals surface area contributed by atoms with Gasteiger partial charge in [-0.1, -0.05) is 6.07 Å². The third-order valence-electron chi connectivity index (χ3n) is 2.30. The number of hydrogen-bond acceptors (Lipinski definition) is 4. The number of carbonyl (C=O) groups is 1. The Kier molecular flexibility index (Phi) is 5.59. The smallest absolute Gasteiger partial charge is 0.269 e. The molecule has 0 aromatic carbocycles. The average molecular weight is 237 g/mol. The highest BCUT2D eigenvalue weighted by Crippen LogP contribution is 1.98.